The van der Waals surface area contributed by atoms with Gasteiger partial charge in [0, 0.05) is 19.3 Å². The van der Waals surface area contributed by atoms with Crippen LogP contribution in [-0.2, 0) is 7.05 Å². The van der Waals surface area contributed by atoms with Gasteiger partial charge < -0.3 is 5.32 Å². The summed E-state index contributed by atoms with van der Waals surface area (Å²) in [5.74, 6) is 0. The first-order valence-electron chi connectivity index (χ1n) is 7.00. The number of hydrogen-bond donors (Lipinski definition) is 1. The van der Waals surface area contributed by atoms with Gasteiger partial charge in [-0.2, -0.15) is 5.10 Å². The zero-order valence-electron chi connectivity index (χ0n) is 11.6. The number of hydrogen-bond acceptors (Lipinski definition) is 2. The maximum Gasteiger partial charge on any atom is 0.0550 e. The lowest BCUT2D eigenvalue weighted by Crippen LogP contribution is -2.24. The first-order valence-corrected chi connectivity index (χ1v) is 7.00. The van der Waals surface area contributed by atoms with E-state index in [9.17, 15) is 0 Å². The molecule has 1 rings (SSSR count). The molecule has 0 aliphatic heterocycles. The van der Waals surface area contributed by atoms with Crippen molar-refractivity contribution in [3.8, 4) is 0 Å². The topological polar surface area (TPSA) is 29.9 Å². The van der Waals surface area contributed by atoms with E-state index in [1.807, 2.05) is 17.9 Å². The van der Waals surface area contributed by atoms with Gasteiger partial charge >= 0.3 is 0 Å². The van der Waals surface area contributed by atoms with Crippen LogP contribution in [0.15, 0.2) is 12.3 Å². The maximum absolute atomic E-state index is 4.27. The zero-order chi connectivity index (χ0) is 12.5. The van der Waals surface area contributed by atoms with Crippen LogP contribution >= 0.6 is 0 Å². The predicted molar refractivity (Wildman–Crippen MR) is 73.0 cm³/mol. The van der Waals surface area contributed by atoms with E-state index in [2.05, 4.69) is 30.3 Å². The first kappa shape index (κ1) is 14.2. The summed E-state index contributed by atoms with van der Waals surface area (Å²) in [6.07, 6.45) is 9.61. The SMILES string of the molecule is CCCCCCC(NCCC)c1ccnn1C. The van der Waals surface area contributed by atoms with Crippen molar-refractivity contribution in [2.75, 3.05) is 6.54 Å². The number of nitrogens with one attached hydrogen (secondary N) is 1. The van der Waals surface area contributed by atoms with E-state index in [0.29, 0.717) is 6.04 Å². The molecule has 17 heavy (non-hydrogen) atoms. The molecule has 0 aliphatic rings. The Kier molecular flexibility index (Phi) is 6.94. The molecular weight excluding hydrogens is 210 g/mol. The number of aromatic nitrogens is 2. The monoisotopic (exact) mass is 237 g/mol. The summed E-state index contributed by atoms with van der Waals surface area (Å²) in [5, 5.41) is 7.90. The van der Waals surface area contributed by atoms with Gasteiger partial charge in [-0.05, 0) is 25.5 Å². The van der Waals surface area contributed by atoms with E-state index in [-0.39, 0.29) is 0 Å². The summed E-state index contributed by atoms with van der Waals surface area (Å²) in [4.78, 5) is 0. The van der Waals surface area contributed by atoms with Crippen molar-refractivity contribution >= 4 is 0 Å². The third-order valence-electron chi connectivity index (χ3n) is 3.20. The molecule has 3 nitrogen and oxygen atoms in total. The summed E-state index contributed by atoms with van der Waals surface area (Å²) in [6, 6.07) is 2.60. The van der Waals surface area contributed by atoms with Gasteiger partial charge in [-0.15, -0.1) is 0 Å². The van der Waals surface area contributed by atoms with Crippen LogP contribution < -0.4 is 5.32 Å². The molecule has 0 amide bonds. The minimum Gasteiger partial charge on any atom is -0.309 e. The van der Waals surface area contributed by atoms with E-state index < -0.39 is 0 Å². The molecule has 0 saturated carbocycles. The minimum absolute atomic E-state index is 0.472. The molecule has 98 valence electrons. The highest BCUT2D eigenvalue weighted by atomic mass is 15.3. The van der Waals surface area contributed by atoms with Crippen molar-refractivity contribution in [1.29, 1.82) is 0 Å². The van der Waals surface area contributed by atoms with Crippen LogP contribution in [0.2, 0.25) is 0 Å². The molecule has 0 fully saturated rings. The Labute approximate surface area is 106 Å². The lowest BCUT2D eigenvalue weighted by atomic mass is 10.0. The van der Waals surface area contributed by atoms with Crippen LogP contribution in [0.25, 0.3) is 0 Å². The van der Waals surface area contributed by atoms with Gasteiger partial charge in [0.1, 0.15) is 0 Å². The van der Waals surface area contributed by atoms with Gasteiger partial charge in [0.05, 0.1) is 5.69 Å². The Balaban J connectivity index is 2.46. The highest BCUT2D eigenvalue weighted by molar-refractivity contribution is 5.06. The quantitative estimate of drug-likeness (QED) is 0.667. The van der Waals surface area contributed by atoms with Crippen molar-refractivity contribution < 1.29 is 0 Å². The molecule has 0 spiro atoms. The van der Waals surface area contributed by atoms with Gasteiger partial charge in [0.15, 0.2) is 0 Å². The fraction of sp³-hybridized carbons (Fsp3) is 0.786. The number of rotatable bonds is 9. The third-order valence-corrected chi connectivity index (χ3v) is 3.20. The standard InChI is InChI=1S/C14H27N3/c1-4-6-7-8-9-13(15-11-5-2)14-10-12-16-17(14)3/h10,12-13,15H,4-9,11H2,1-3H3. The highest BCUT2D eigenvalue weighted by Crippen LogP contribution is 2.19. The van der Waals surface area contributed by atoms with Gasteiger partial charge in [-0.3, -0.25) is 4.68 Å². The van der Waals surface area contributed by atoms with Crippen LogP contribution in [0.1, 0.15) is 64.1 Å². The Bertz CT molecular complexity index is 293. The third kappa shape index (κ3) is 4.90. The fourth-order valence-corrected chi connectivity index (χ4v) is 2.17. The molecule has 1 unspecified atom stereocenters. The van der Waals surface area contributed by atoms with Crippen molar-refractivity contribution in [2.45, 2.75) is 58.4 Å². The summed E-state index contributed by atoms with van der Waals surface area (Å²) in [5.41, 5.74) is 1.31. The van der Waals surface area contributed by atoms with Crippen LogP contribution in [0, 0.1) is 0 Å². The Morgan fingerprint density at radius 3 is 2.65 bits per heavy atom. The number of unbranched alkanes of at least 4 members (excludes halogenated alkanes) is 3. The number of aryl methyl sites for hydroxylation is 1. The van der Waals surface area contributed by atoms with Crippen LogP contribution in [-0.4, -0.2) is 16.3 Å². The van der Waals surface area contributed by atoms with E-state index in [1.54, 1.807) is 0 Å². The first-order chi connectivity index (χ1) is 8.29. The van der Waals surface area contributed by atoms with E-state index >= 15 is 0 Å². The molecular formula is C14H27N3. The van der Waals surface area contributed by atoms with Crippen molar-refractivity contribution in [1.82, 2.24) is 15.1 Å². The second-order valence-corrected chi connectivity index (χ2v) is 4.74. The lowest BCUT2D eigenvalue weighted by molar-refractivity contribution is 0.445. The van der Waals surface area contributed by atoms with E-state index in [1.165, 1.54) is 44.2 Å². The average Bonchev–Trinajstić information content (AvgIpc) is 2.75. The van der Waals surface area contributed by atoms with Gasteiger partial charge in [-0.1, -0.05) is 39.5 Å². The van der Waals surface area contributed by atoms with Crippen LogP contribution in [0.3, 0.4) is 0 Å². The summed E-state index contributed by atoms with van der Waals surface area (Å²) >= 11 is 0. The Morgan fingerprint density at radius 2 is 2.06 bits per heavy atom. The van der Waals surface area contributed by atoms with Crippen molar-refractivity contribution in [3.63, 3.8) is 0 Å². The zero-order valence-corrected chi connectivity index (χ0v) is 11.6. The molecule has 1 N–H and O–H groups in total. The van der Waals surface area contributed by atoms with Crippen LogP contribution in [0.5, 0.6) is 0 Å². The van der Waals surface area contributed by atoms with Crippen LogP contribution in [0.4, 0.5) is 0 Å². The van der Waals surface area contributed by atoms with Crippen molar-refractivity contribution in [3.05, 3.63) is 18.0 Å². The maximum atomic E-state index is 4.27. The summed E-state index contributed by atoms with van der Waals surface area (Å²) < 4.78 is 1.99. The second-order valence-electron chi connectivity index (χ2n) is 4.74. The van der Waals surface area contributed by atoms with Gasteiger partial charge in [0.25, 0.3) is 0 Å². The van der Waals surface area contributed by atoms with E-state index in [4.69, 9.17) is 0 Å². The predicted octanol–water partition coefficient (Wildman–Crippen LogP) is 3.43. The smallest absolute Gasteiger partial charge is 0.0550 e. The normalized spacial score (nSPS) is 12.9. The molecule has 0 saturated heterocycles. The molecule has 1 atom stereocenters. The molecule has 1 aromatic heterocycles. The minimum atomic E-state index is 0.472. The average molecular weight is 237 g/mol. The van der Waals surface area contributed by atoms with Crippen molar-refractivity contribution in [2.24, 2.45) is 7.05 Å². The molecule has 0 radical (unpaired) electrons. The lowest BCUT2D eigenvalue weighted by Gasteiger charge is -2.18. The molecule has 0 aliphatic carbocycles. The largest absolute Gasteiger partial charge is 0.309 e. The molecule has 1 aromatic rings. The second kappa shape index (κ2) is 8.29. The summed E-state index contributed by atoms with van der Waals surface area (Å²) in [6.45, 7) is 5.56. The molecule has 1 heterocycles. The summed E-state index contributed by atoms with van der Waals surface area (Å²) in [7, 11) is 2.03. The Morgan fingerprint density at radius 1 is 1.24 bits per heavy atom. The molecule has 0 aromatic carbocycles. The van der Waals surface area contributed by atoms with Gasteiger partial charge in [0.2, 0.25) is 0 Å². The van der Waals surface area contributed by atoms with E-state index in [0.717, 1.165) is 6.54 Å². The highest BCUT2D eigenvalue weighted by Gasteiger charge is 2.13. The molecule has 3 heteroatoms. The Hall–Kier alpha value is -0.830. The fourth-order valence-electron chi connectivity index (χ4n) is 2.17. The molecule has 0 bridgehead atoms. The van der Waals surface area contributed by atoms with Gasteiger partial charge in [-0.25, -0.2) is 0 Å². The number of nitrogens with zero attached hydrogens (tertiary/aromatic N) is 2.